The molecule has 8 heteroatoms. The highest BCUT2D eigenvalue weighted by atomic mass is 35.5. The van der Waals surface area contributed by atoms with Gasteiger partial charge in [-0.15, -0.1) is 12.4 Å². The summed E-state index contributed by atoms with van der Waals surface area (Å²) < 4.78 is 29.9. The highest BCUT2D eigenvalue weighted by Crippen LogP contribution is 2.27. The molecule has 0 atom stereocenters. The van der Waals surface area contributed by atoms with E-state index in [2.05, 4.69) is 5.32 Å². The zero-order valence-corrected chi connectivity index (χ0v) is 18.5. The van der Waals surface area contributed by atoms with Crippen molar-refractivity contribution in [1.29, 1.82) is 0 Å². The average molecular weight is 448 g/mol. The number of halogens is 1. The number of pyridine rings is 1. The molecular weight excluding hydrogens is 422 g/mol. The topological polar surface area (TPSA) is 71.4 Å². The van der Waals surface area contributed by atoms with Gasteiger partial charge in [0.1, 0.15) is 0 Å². The lowest BCUT2D eigenvalue weighted by molar-refractivity contribution is 0.432. The smallest absolute Gasteiger partial charge is 0.258 e. The molecule has 0 spiro atoms. The number of sulfonamides is 1. The zero-order valence-electron chi connectivity index (χ0n) is 16.9. The van der Waals surface area contributed by atoms with Crippen molar-refractivity contribution in [3.05, 3.63) is 76.2 Å². The molecule has 1 fully saturated rings. The van der Waals surface area contributed by atoms with Crippen LogP contribution in [0.1, 0.15) is 17.5 Å². The summed E-state index contributed by atoms with van der Waals surface area (Å²) in [5.41, 5.74) is 1.63. The highest BCUT2D eigenvalue weighted by Gasteiger charge is 2.28. The largest absolute Gasteiger partial charge is 0.315 e. The molecule has 0 aliphatic carbocycles. The van der Waals surface area contributed by atoms with Crippen molar-refractivity contribution in [3.8, 4) is 0 Å². The number of fused-ring (bicyclic) bond motifs is 1. The van der Waals surface area contributed by atoms with Crippen LogP contribution in [0.25, 0.3) is 10.8 Å². The van der Waals surface area contributed by atoms with Gasteiger partial charge in [0.25, 0.3) is 5.56 Å². The summed E-state index contributed by atoms with van der Waals surface area (Å²) in [5, 5.41) is 4.20. The van der Waals surface area contributed by atoms with Crippen molar-refractivity contribution >= 4 is 33.2 Å². The molecule has 3 aromatic rings. The van der Waals surface area contributed by atoms with E-state index < -0.39 is 10.0 Å². The Morgan fingerprint density at radius 2 is 1.77 bits per heavy atom. The molecule has 30 heavy (non-hydrogen) atoms. The van der Waals surface area contributed by atoms with Crippen molar-refractivity contribution in [2.75, 3.05) is 26.2 Å². The molecule has 1 N–H and O–H groups in total. The minimum atomic E-state index is -3.68. The maximum Gasteiger partial charge on any atom is 0.258 e. The normalized spacial score (nSPS) is 15.5. The Morgan fingerprint density at radius 1 is 1.00 bits per heavy atom. The van der Waals surface area contributed by atoms with Gasteiger partial charge in [-0.25, -0.2) is 8.42 Å². The highest BCUT2D eigenvalue weighted by molar-refractivity contribution is 7.89. The zero-order chi connectivity index (χ0) is 20.4. The van der Waals surface area contributed by atoms with Gasteiger partial charge in [0.05, 0.1) is 11.4 Å². The van der Waals surface area contributed by atoms with E-state index in [0.717, 1.165) is 24.1 Å². The third-order valence-electron chi connectivity index (χ3n) is 5.37. The van der Waals surface area contributed by atoms with E-state index >= 15 is 0 Å². The molecular formula is C22H26ClN3O3S. The molecule has 6 nitrogen and oxygen atoms in total. The Labute approximate surface area is 183 Å². The second-order valence-electron chi connectivity index (χ2n) is 7.42. The molecule has 160 valence electrons. The quantitative estimate of drug-likeness (QED) is 0.667. The second kappa shape index (κ2) is 9.31. The third kappa shape index (κ3) is 4.30. The molecule has 4 rings (SSSR count). The molecule has 1 aliphatic rings. The summed E-state index contributed by atoms with van der Waals surface area (Å²) >= 11 is 0. The molecule has 1 aliphatic heterocycles. The Hall–Kier alpha value is -2.19. The van der Waals surface area contributed by atoms with E-state index in [9.17, 15) is 13.2 Å². The van der Waals surface area contributed by atoms with Crippen molar-refractivity contribution in [2.45, 2.75) is 24.8 Å². The Bertz CT molecular complexity index is 1190. The van der Waals surface area contributed by atoms with Crippen molar-refractivity contribution in [1.82, 2.24) is 14.2 Å². The number of rotatable bonds is 4. The van der Waals surface area contributed by atoms with Gasteiger partial charge >= 0.3 is 0 Å². The second-order valence-corrected chi connectivity index (χ2v) is 9.32. The van der Waals surface area contributed by atoms with Gasteiger partial charge in [-0.3, -0.25) is 4.79 Å². The van der Waals surface area contributed by atoms with Crippen LogP contribution in [0.15, 0.2) is 64.4 Å². The van der Waals surface area contributed by atoms with Crippen LogP contribution in [-0.4, -0.2) is 43.5 Å². The van der Waals surface area contributed by atoms with Gasteiger partial charge in [0.2, 0.25) is 10.0 Å². The summed E-state index contributed by atoms with van der Waals surface area (Å²) in [5.74, 6) is 0. The van der Waals surface area contributed by atoms with E-state index in [1.54, 1.807) is 29.0 Å². The van der Waals surface area contributed by atoms with Crippen molar-refractivity contribution in [2.24, 2.45) is 0 Å². The predicted molar refractivity (Wildman–Crippen MR) is 122 cm³/mol. The van der Waals surface area contributed by atoms with Gasteiger partial charge in [-0.2, -0.15) is 4.31 Å². The van der Waals surface area contributed by atoms with E-state index in [-0.39, 0.29) is 22.9 Å². The Kier molecular flexibility index (Phi) is 6.98. The van der Waals surface area contributed by atoms with Crippen molar-refractivity contribution in [3.63, 3.8) is 0 Å². The van der Waals surface area contributed by atoms with Gasteiger partial charge < -0.3 is 9.88 Å². The number of benzene rings is 2. The average Bonchev–Trinajstić information content (AvgIpc) is 3.02. The van der Waals surface area contributed by atoms with E-state index in [4.69, 9.17) is 0 Å². The SMILES string of the molecule is Cc1cn(Cc2ccccc2)c(=O)c2cccc(S(=O)(=O)N3CCCNCC3)c12.Cl. The lowest BCUT2D eigenvalue weighted by atomic mass is 10.1. The fraction of sp³-hybridized carbons (Fsp3) is 0.318. The molecule has 2 heterocycles. The summed E-state index contributed by atoms with van der Waals surface area (Å²) in [6.45, 7) is 4.67. The number of aromatic nitrogens is 1. The van der Waals surface area contributed by atoms with Crippen LogP contribution >= 0.6 is 12.4 Å². The number of nitrogens with zero attached hydrogens (tertiary/aromatic N) is 2. The fourth-order valence-corrected chi connectivity index (χ4v) is 5.70. The Balaban J connectivity index is 0.00000256. The summed E-state index contributed by atoms with van der Waals surface area (Å²) in [4.78, 5) is 13.4. The minimum Gasteiger partial charge on any atom is -0.315 e. The number of nitrogens with one attached hydrogen (secondary N) is 1. The number of hydrogen-bond acceptors (Lipinski definition) is 4. The summed E-state index contributed by atoms with van der Waals surface area (Å²) in [6, 6.07) is 14.8. The first-order valence-electron chi connectivity index (χ1n) is 9.86. The third-order valence-corrected chi connectivity index (χ3v) is 7.31. The Morgan fingerprint density at radius 3 is 2.53 bits per heavy atom. The van der Waals surface area contributed by atoms with Crippen molar-refractivity contribution < 1.29 is 8.42 Å². The fourth-order valence-electron chi connectivity index (χ4n) is 3.94. The number of hydrogen-bond donors (Lipinski definition) is 1. The maximum atomic E-state index is 13.4. The summed E-state index contributed by atoms with van der Waals surface area (Å²) in [6.07, 6.45) is 2.54. The molecule has 0 unspecified atom stereocenters. The molecule has 0 saturated carbocycles. The molecule has 0 amide bonds. The monoisotopic (exact) mass is 447 g/mol. The van der Waals surface area contributed by atoms with Crippen LogP contribution in [0.2, 0.25) is 0 Å². The van der Waals surface area contributed by atoms with Crippen LogP contribution < -0.4 is 10.9 Å². The van der Waals surface area contributed by atoms with Crippen LogP contribution in [0, 0.1) is 6.92 Å². The lowest BCUT2D eigenvalue weighted by Gasteiger charge is -2.21. The maximum absolute atomic E-state index is 13.4. The lowest BCUT2D eigenvalue weighted by Crippen LogP contribution is -2.34. The van der Waals surface area contributed by atoms with Crippen LogP contribution in [0.5, 0.6) is 0 Å². The van der Waals surface area contributed by atoms with E-state index in [1.807, 2.05) is 37.3 Å². The molecule has 1 saturated heterocycles. The first-order valence-corrected chi connectivity index (χ1v) is 11.3. The molecule has 0 bridgehead atoms. The number of aryl methyl sites for hydroxylation is 1. The summed E-state index contributed by atoms with van der Waals surface area (Å²) in [7, 11) is -3.68. The minimum absolute atomic E-state index is 0. The molecule has 0 radical (unpaired) electrons. The van der Waals surface area contributed by atoms with Crippen LogP contribution in [0.3, 0.4) is 0 Å². The first kappa shape index (κ1) is 22.5. The van der Waals surface area contributed by atoms with Gasteiger partial charge in [0.15, 0.2) is 0 Å². The van der Waals surface area contributed by atoms with E-state index in [0.29, 0.717) is 37.0 Å². The van der Waals surface area contributed by atoms with Gasteiger partial charge in [-0.05, 0) is 43.1 Å². The predicted octanol–water partition coefficient (Wildman–Crippen LogP) is 2.76. The van der Waals surface area contributed by atoms with Gasteiger partial charge in [-0.1, -0.05) is 36.4 Å². The standard InChI is InChI=1S/C22H25N3O3S.ClH/c1-17-15-24(16-18-7-3-2-4-8-18)22(26)19-9-5-10-20(21(17)19)29(27,28)25-13-6-11-23-12-14-25;/h2-5,7-10,15,23H,6,11-14,16H2,1H3;1H. The van der Waals surface area contributed by atoms with Gasteiger partial charge in [0, 0.05) is 36.6 Å². The van der Waals surface area contributed by atoms with Crippen LogP contribution in [0.4, 0.5) is 0 Å². The molecule has 2 aromatic carbocycles. The van der Waals surface area contributed by atoms with Crippen LogP contribution in [-0.2, 0) is 16.6 Å². The molecule has 1 aromatic heterocycles. The first-order chi connectivity index (χ1) is 14.0. The van der Waals surface area contributed by atoms with E-state index in [1.165, 1.54) is 4.31 Å².